The average molecular weight is 474 g/mol. The first-order valence-electron chi connectivity index (χ1n) is 12.0. The van der Waals surface area contributed by atoms with Crippen LogP contribution in [-0.4, -0.2) is 48.9 Å². The maximum absolute atomic E-state index is 13.7. The largest absolute Gasteiger partial charge is 0.461 e. The number of nitrogen functional groups attached to an aromatic ring is 1. The topological polar surface area (TPSA) is 125 Å². The maximum atomic E-state index is 13.7. The Morgan fingerprint density at radius 3 is 2.85 bits per heavy atom. The number of aromatic nitrogens is 4. The molecule has 4 rings (SSSR count). The van der Waals surface area contributed by atoms with E-state index in [1.54, 1.807) is 0 Å². The summed E-state index contributed by atoms with van der Waals surface area (Å²) in [6.07, 6.45) is 12.9. The van der Waals surface area contributed by atoms with E-state index in [-0.39, 0.29) is 41.9 Å². The molecule has 2 fully saturated rings. The van der Waals surface area contributed by atoms with Crippen molar-refractivity contribution in [3.63, 3.8) is 0 Å². The number of imidazole rings is 1. The first kappa shape index (κ1) is 24.4. The summed E-state index contributed by atoms with van der Waals surface area (Å²) in [5, 5.41) is 10.7. The van der Waals surface area contributed by atoms with E-state index in [1.807, 2.05) is 0 Å². The van der Waals surface area contributed by atoms with Crippen LogP contribution in [0.15, 0.2) is 6.33 Å². The first-order chi connectivity index (χ1) is 16.4. The van der Waals surface area contributed by atoms with Crippen molar-refractivity contribution >= 4 is 23.0 Å². The van der Waals surface area contributed by atoms with Gasteiger partial charge in [0.1, 0.15) is 18.9 Å². The molecule has 10 heteroatoms. The quantitative estimate of drug-likeness (QED) is 0.259. The lowest BCUT2D eigenvalue weighted by Gasteiger charge is -2.30. The number of terminal acetylenes is 1. The Bertz CT molecular complexity index is 1060. The van der Waals surface area contributed by atoms with Crippen molar-refractivity contribution < 1.29 is 23.8 Å². The van der Waals surface area contributed by atoms with E-state index >= 15 is 0 Å². The molecule has 0 amide bonds. The molecule has 2 aromatic rings. The number of nitrogens with two attached hydrogens (primary N) is 1. The van der Waals surface area contributed by atoms with Crippen molar-refractivity contribution in [2.75, 3.05) is 12.3 Å². The number of hydrogen-bond acceptors (Lipinski definition) is 8. The molecule has 1 aliphatic carbocycles. The molecule has 2 aliphatic rings. The molecule has 1 aliphatic heterocycles. The summed E-state index contributed by atoms with van der Waals surface area (Å²) in [6.45, 7) is 1.93. The minimum absolute atomic E-state index is 0.0849. The maximum Gasteiger partial charge on any atom is 0.312 e. The lowest BCUT2D eigenvalue weighted by molar-refractivity contribution is -0.162. The SMILES string of the molecule is C#C[C@]1(COC(=O)C2CCC(CCCCC)CC2)O[C@@H](n2cnc3c(N)nc(F)nc32)C[C@@H]1O. The fourth-order valence-electron chi connectivity index (χ4n) is 5.01. The number of carbonyl (C=O) groups is 1. The molecule has 2 aromatic heterocycles. The van der Waals surface area contributed by atoms with Crippen molar-refractivity contribution in [2.24, 2.45) is 11.8 Å². The summed E-state index contributed by atoms with van der Waals surface area (Å²) in [5.74, 6) is 2.58. The molecule has 3 heterocycles. The van der Waals surface area contributed by atoms with Crippen LogP contribution in [0.5, 0.6) is 0 Å². The van der Waals surface area contributed by atoms with Gasteiger partial charge in [-0.15, -0.1) is 6.42 Å². The second-order valence-corrected chi connectivity index (χ2v) is 9.38. The number of fused-ring (bicyclic) bond motifs is 1. The third-order valence-electron chi connectivity index (χ3n) is 7.11. The van der Waals surface area contributed by atoms with Crippen LogP contribution < -0.4 is 5.73 Å². The number of aliphatic hydroxyl groups is 1. The van der Waals surface area contributed by atoms with Crippen LogP contribution in [0.25, 0.3) is 11.2 Å². The Kier molecular flexibility index (Phi) is 7.33. The fourth-order valence-corrected chi connectivity index (χ4v) is 5.01. The van der Waals surface area contributed by atoms with Crippen molar-refractivity contribution in [2.45, 2.75) is 82.6 Å². The summed E-state index contributed by atoms with van der Waals surface area (Å²) in [4.78, 5) is 24.1. The molecule has 3 atom stereocenters. The van der Waals surface area contributed by atoms with Crippen LogP contribution in [0.2, 0.25) is 0 Å². The molecule has 0 radical (unpaired) electrons. The molecule has 9 nitrogen and oxygen atoms in total. The Hall–Kier alpha value is -2.77. The summed E-state index contributed by atoms with van der Waals surface area (Å²) in [6, 6.07) is 0. The van der Waals surface area contributed by atoms with Gasteiger partial charge in [0.05, 0.1) is 12.2 Å². The Morgan fingerprint density at radius 2 is 2.15 bits per heavy atom. The van der Waals surface area contributed by atoms with Crippen LogP contribution in [0.4, 0.5) is 10.2 Å². The molecule has 0 unspecified atom stereocenters. The Morgan fingerprint density at radius 1 is 1.38 bits per heavy atom. The smallest absolute Gasteiger partial charge is 0.312 e. The predicted octanol–water partition coefficient (Wildman–Crippen LogP) is 3.13. The van der Waals surface area contributed by atoms with Gasteiger partial charge in [-0.3, -0.25) is 9.36 Å². The number of halogens is 1. The minimum Gasteiger partial charge on any atom is -0.461 e. The number of anilines is 1. The highest BCUT2D eigenvalue weighted by Gasteiger charge is 2.49. The summed E-state index contributed by atoms with van der Waals surface area (Å²) >= 11 is 0. The van der Waals surface area contributed by atoms with Gasteiger partial charge in [0, 0.05) is 6.42 Å². The van der Waals surface area contributed by atoms with Gasteiger partial charge in [0.25, 0.3) is 0 Å². The van der Waals surface area contributed by atoms with E-state index in [0.717, 1.165) is 25.7 Å². The third kappa shape index (κ3) is 4.86. The highest BCUT2D eigenvalue weighted by molar-refractivity contribution is 5.81. The second-order valence-electron chi connectivity index (χ2n) is 9.38. The number of nitrogens with zero attached hydrogens (tertiary/aromatic N) is 4. The van der Waals surface area contributed by atoms with Gasteiger partial charge in [0.15, 0.2) is 22.6 Å². The van der Waals surface area contributed by atoms with Crippen molar-refractivity contribution in [1.82, 2.24) is 19.5 Å². The molecule has 0 aromatic carbocycles. The molecule has 3 N–H and O–H groups in total. The van der Waals surface area contributed by atoms with Crippen LogP contribution in [0.1, 0.15) is 70.9 Å². The van der Waals surface area contributed by atoms with Gasteiger partial charge in [-0.25, -0.2) is 4.98 Å². The lowest BCUT2D eigenvalue weighted by Crippen LogP contribution is -2.44. The highest BCUT2D eigenvalue weighted by atomic mass is 19.1. The molecule has 1 saturated carbocycles. The predicted molar refractivity (Wildman–Crippen MR) is 123 cm³/mol. The van der Waals surface area contributed by atoms with E-state index in [1.165, 1.54) is 36.6 Å². The minimum atomic E-state index is -1.52. The van der Waals surface area contributed by atoms with E-state index < -0.39 is 24.0 Å². The van der Waals surface area contributed by atoms with Crippen LogP contribution >= 0.6 is 0 Å². The van der Waals surface area contributed by atoms with E-state index in [9.17, 15) is 14.3 Å². The van der Waals surface area contributed by atoms with E-state index in [4.69, 9.17) is 21.6 Å². The molecule has 1 saturated heterocycles. The fraction of sp³-hybridized carbons (Fsp3) is 0.667. The van der Waals surface area contributed by atoms with Gasteiger partial charge >= 0.3 is 12.0 Å². The van der Waals surface area contributed by atoms with E-state index in [2.05, 4.69) is 27.8 Å². The molecular weight excluding hydrogens is 441 g/mol. The monoisotopic (exact) mass is 473 g/mol. The molecule has 34 heavy (non-hydrogen) atoms. The van der Waals surface area contributed by atoms with Crippen LogP contribution in [-0.2, 0) is 14.3 Å². The van der Waals surface area contributed by atoms with Crippen LogP contribution in [0.3, 0.4) is 0 Å². The number of hydrogen-bond donors (Lipinski definition) is 2. The number of unbranched alkanes of at least 4 members (excludes halogenated alkanes) is 2. The van der Waals surface area contributed by atoms with Crippen molar-refractivity contribution in [3.05, 3.63) is 12.4 Å². The van der Waals surface area contributed by atoms with Gasteiger partial charge in [0.2, 0.25) is 0 Å². The van der Waals surface area contributed by atoms with Gasteiger partial charge in [-0.2, -0.15) is 14.4 Å². The van der Waals surface area contributed by atoms with Gasteiger partial charge in [-0.1, -0.05) is 38.5 Å². The lowest BCUT2D eigenvalue weighted by atomic mass is 9.80. The zero-order valence-electron chi connectivity index (χ0n) is 19.5. The number of aliphatic hydroxyl groups excluding tert-OH is 1. The second kappa shape index (κ2) is 10.2. The average Bonchev–Trinajstić information content (AvgIpc) is 3.39. The molecule has 184 valence electrons. The Labute approximate surface area is 198 Å². The zero-order valence-corrected chi connectivity index (χ0v) is 19.5. The summed E-state index contributed by atoms with van der Waals surface area (Å²) in [5.41, 5.74) is 4.54. The van der Waals surface area contributed by atoms with Gasteiger partial charge < -0.3 is 20.3 Å². The summed E-state index contributed by atoms with van der Waals surface area (Å²) < 4.78 is 26.7. The summed E-state index contributed by atoms with van der Waals surface area (Å²) in [7, 11) is 0. The molecule has 0 bridgehead atoms. The Balaban J connectivity index is 1.37. The van der Waals surface area contributed by atoms with E-state index in [0.29, 0.717) is 5.92 Å². The first-order valence-corrected chi connectivity index (χ1v) is 12.0. The normalized spacial score (nSPS) is 29.2. The van der Waals surface area contributed by atoms with Crippen molar-refractivity contribution in [1.29, 1.82) is 0 Å². The van der Waals surface area contributed by atoms with Crippen molar-refractivity contribution in [3.8, 4) is 12.3 Å². The highest BCUT2D eigenvalue weighted by Crippen LogP contribution is 2.39. The standard InChI is InChI=1S/C24H32FN5O4/c1-3-5-6-7-15-8-10-16(11-9-15)22(32)33-13-24(4-2)17(31)12-18(34-24)30-14-27-19-20(26)28-23(25)29-21(19)30/h2,14-18,31H,3,5-13H2,1H3,(H2,26,28,29)/t15?,16?,17-,18+,24+/m0/s1. The number of carbonyl (C=O) groups excluding carboxylic acids is 1. The molecule has 0 spiro atoms. The molecular formula is C24H32FN5O4. The third-order valence-corrected chi connectivity index (χ3v) is 7.11. The number of ether oxygens (including phenoxy) is 2. The van der Waals surface area contributed by atoms with Gasteiger partial charge in [-0.05, 0) is 31.6 Å². The zero-order chi connectivity index (χ0) is 24.3. The number of rotatable bonds is 8. The van der Waals surface area contributed by atoms with Crippen LogP contribution in [0, 0.1) is 30.3 Å². The number of esters is 1.